The number of ether oxygens (including phenoxy) is 2. The van der Waals surface area contributed by atoms with Crippen molar-refractivity contribution in [3.8, 4) is 11.5 Å². The average Bonchev–Trinajstić information content (AvgIpc) is 2.26. The number of carboxylic acid groups (broad SMARTS) is 1. The van der Waals surface area contributed by atoms with E-state index in [1.165, 1.54) is 7.11 Å². The number of hydrogen-bond donors (Lipinski definition) is 1. The van der Waals surface area contributed by atoms with Gasteiger partial charge in [-0.05, 0) is 31.0 Å². The van der Waals surface area contributed by atoms with Crippen molar-refractivity contribution in [3.05, 3.63) is 22.7 Å². The summed E-state index contributed by atoms with van der Waals surface area (Å²) in [6.07, 6.45) is 0.480. The number of carbonyl (C=O) groups is 1. The number of hydrogen-bond acceptors (Lipinski definition) is 3. The molecule has 0 bridgehead atoms. The van der Waals surface area contributed by atoms with E-state index >= 15 is 0 Å². The molecule has 0 saturated carbocycles. The van der Waals surface area contributed by atoms with Gasteiger partial charge >= 0.3 is 5.97 Å². The Bertz CT molecular complexity index is 404. The van der Waals surface area contributed by atoms with Gasteiger partial charge in [0.2, 0.25) is 0 Å². The first-order chi connectivity index (χ1) is 8.08. The molecule has 0 radical (unpaired) electrons. The van der Waals surface area contributed by atoms with Gasteiger partial charge in [0, 0.05) is 6.42 Å². The summed E-state index contributed by atoms with van der Waals surface area (Å²) < 4.78 is 10.5. The lowest BCUT2D eigenvalue weighted by Crippen LogP contribution is -2.00. The molecule has 1 rings (SSSR count). The number of aryl methyl sites for hydroxylation is 1. The van der Waals surface area contributed by atoms with Crippen LogP contribution in [0.3, 0.4) is 0 Å². The van der Waals surface area contributed by atoms with Crippen LogP contribution in [0.25, 0.3) is 0 Å². The number of methoxy groups -OCH3 is 1. The van der Waals surface area contributed by atoms with E-state index in [2.05, 4.69) is 0 Å². The van der Waals surface area contributed by atoms with Crippen LogP contribution in [0, 0.1) is 0 Å². The van der Waals surface area contributed by atoms with Crippen molar-refractivity contribution in [1.82, 2.24) is 0 Å². The van der Waals surface area contributed by atoms with Gasteiger partial charge in [-0.15, -0.1) is 0 Å². The molecule has 0 aliphatic rings. The van der Waals surface area contributed by atoms with E-state index in [0.29, 0.717) is 29.5 Å². The molecule has 0 heterocycles. The Morgan fingerprint density at radius 1 is 1.47 bits per heavy atom. The van der Waals surface area contributed by atoms with E-state index in [0.717, 1.165) is 5.56 Å². The first-order valence-corrected chi connectivity index (χ1v) is 5.67. The van der Waals surface area contributed by atoms with Crippen molar-refractivity contribution in [1.29, 1.82) is 0 Å². The molecule has 17 heavy (non-hydrogen) atoms. The molecule has 1 aromatic carbocycles. The van der Waals surface area contributed by atoms with E-state index < -0.39 is 5.97 Å². The highest BCUT2D eigenvalue weighted by molar-refractivity contribution is 6.32. The summed E-state index contributed by atoms with van der Waals surface area (Å²) in [7, 11) is 1.51. The second kappa shape index (κ2) is 6.35. The van der Waals surface area contributed by atoms with Crippen LogP contribution in [0.1, 0.15) is 18.9 Å². The largest absolute Gasteiger partial charge is 0.491 e. The van der Waals surface area contributed by atoms with Crippen molar-refractivity contribution in [2.45, 2.75) is 19.8 Å². The fourth-order valence-electron chi connectivity index (χ4n) is 1.48. The minimum atomic E-state index is -0.838. The Balaban J connectivity index is 2.97. The highest BCUT2D eigenvalue weighted by Gasteiger charge is 2.12. The molecule has 1 aromatic rings. The molecule has 0 amide bonds. The number of rotatable bonds is 6. The second-order valence-corrected chi connectivity index (χ2v) is 3.84. The molecule has 94 valence electrons. The number of carboxylic acids is 1. The van der Waals surface area contributed by atoms with Crippen molar-refractivity contribution < 1.29 is 19.4 Å². The van der Waals surface area contributed by atoms with E-state index in [4.69, 9.17) is 26.2 Å². The third kappa shape index (κ3) is 3.82. The first-order valence-electron chi connectivity index (χ1n) is 5.29. The van der Waals surface area contributed by atoms with Crippen LogP contribution in [0.2, 0.25) is 5.02 Å². The standard InChI is InChI=1S/C12H15ClO4/c1-3-17-10-7-8(4-5-11(14)15)6-9(13)12(10)16-2/h6-7H,3-5H2,1-2H3,(H,14,15). The molecule has 0 unspecified atom stereocenters. The van der Waals surface area contributed by atoms with Crippen LogP contribution < -0.4 is 9.47 Å². The maximum absolute atomic E-state index is 10.5. The minimum Gasteiger partial charge on any atom is -0.491 e. The van der Waals surface area contributed by atoms with Gasteiger partial charge in [0.25, 0.3) is 0 Å². The second-order valence-electron chi connectivity index (χ2n) is 3.44. The fourth-order valence-corrected chi connectivity index (χ4v) is 1.79. The molecule has 0 aromatic heterocycles. The lowest BCUT2D eigenvalue weighted by molar-refractivity contribution is -0.136. The predicted molar refractivity (Wildman–Crippen MR) is 65.1 cm³/mol. The third-order valence-electron chi connectivity index (χ3n) is 2.20. The monoisotopic (exact) mass is 258 g/mol. The van der Waals surface area contributed by atoms with Gasteiger partial charge in [-0.25, -0.2) is 0 Å². The van der Waals surface area contributed by atoms with Crippen LogP contribution in [0.5, 0.6) is 11.5 Å². The van der Waals surface area contributed by atoms with Gasteiger partial charge in [0.1, 0.15) is 0 Å². The Hall–Kier alpha value is -1.42. The van der Waals surface area contributed by atoms with Gasteiger partial charge in [-0.3, -0.25) is 4.79 Å². The maximum atomic E-state index is 10.5. The first kappa shape index (κ1) is 13.6. The molecule has 0 fully saturated rings. The van der Waals surface area contributed by atoms with Gasteiger partial charge < -0.3 is 14.6 Å². The lowest BCUT2D eigenvalue weighted by Gasteiger charge is -2.12. The zero-order valence-electron chi connectivity index (χ0n) is 9.83. The number of benzene rings is 1. The van der Waals surface area contributed by atoms with Gasteiger partial charge in [-0.2, -0.15) is 0 Å². The molecule has 0 atom stereocenters. The van der Waals surface area contributed by atoms with Crippen LogP contribution >= 0.6 is 11.6 Å². The average molecular weight is 259 g/mol. The summed E-state index contributed by atoms with van der Waals surface area (Å²) in [6.45, 7) is 2.35. The van der Waals surface area contributed by atoms with E-state index in [-0.39, 0.29) is 6.42 Å². The molecule has 5 heteroatoms. The summed E-state index contributed by atoms with van der Waals surface area (Å²) in [5.41, 5.74) is 0.821. The highest BCUT2D eigenvalue weighted by atomic mass is 35.5. The van der Waals surface area contributed by atoms with Crippen molar-refractivity contribution in [3.63, 3.8) is 0 Å². The SMILES string of the molecule is CCOc1cc(CCC(=O)O)cc(Cl)c1OC. The molecular formula is C12H15ClO4. The van der Waals surface area contributed by atoms with E-state index in [1.54, 1.807) is 12.1 Å². The zero-order valence-corrected chi connectivity index (χ0v) is 10.6. The van der Waals surface area contributed by atoms with Gasteiger partial charge in [0.15, 0.2) is 11.5 Å². The molecule has 4 nitrogen and oxygen atoms in total. The molecule has 0 spiro atoms. The van der Waals surface area contributed by atoms with Gasteiger partial charge in [-0.1, -0.05) is 11.6 Å². The summed E-state index contributed by atoms with van der Waals surface area (Å²) >= 11 is 6.03. The number of halogens is 1. The molecule has 0 aliphatic heterocycles. The van der Waals surface area contributed by atoms with Crippen molar-refractivity contribution in [2.24, 2.45) is 0 Å². The molecule has 0 saturated heterocycles. The normalized spacial score (nSPS) is 10.1. The molecular weight excluding hydrogens is 244 g/mol. The molecule has 0 aliphatic carbocycles. The van der Waals surface area contributed by atoms with Crippen LogP contribution in [-0.2, 0) is 11.2 Å². The van der Waals surface area contributed by atoms with Crippen LogP contribution in [-0.4, -0.2) is 24.8 Å². The van der Waals surface area contributed by atoms with Gasteiger partial charge in [0.05, 0.1) is 18.7 Å². The third-order valence-corrected chi connectivity index (χ3v) is 2.48. The maximum Gasteiger partial charge on any atom is 0.303 e. The minimum absolute atomic E-state index is 0.0637. The van der Waals surface area contributed by atoms with Crippen molar-refractivity contribution in [2.75, 3.05) is 13.7 Å². The van der Waals surface area contributed by atoms with Crippen LogP contribution in [0.4, 0.5) is 0 Å². The predicted octanol–water partition coefficient (Wildman–Crippen LogP) is 2.76. The highest BCUT2D eigenvalue weighted by Crippen LogP contribution is 2.36. The Kier molecular flexibility index (Phi) is 5.10. The Morgan fingerprint density at radius 3 is 2.71 bits per heavy atom. The fraction of sp³-hybridized carbons (Fsp3) is 0.417. The lowest BCUT2D eigenvalue weighted by atomic mass is 10.1. The molecule has 1 N–H and O–H groups in total. The van der Waals surface area contributed by atoms with E-state index in [1.807, 2.05) is 6.92 Å². The summed E-state index contributed by atoms with van der Waals surface area (Å²) in [5, 5.41) is 9.06. The van der Waals surface area contributed by atoms with E-state index in [9.17, 15) is 4.79 Å². The quantitative estimate of drug-likeness (QED) is 0.852. The smallest absolute Gasteiger partial charge is 0.303 e. The van der Waals surface area contributed by atoms with Crippen LogP contribution in [0.15, 0.2) is 12.1 Å². The van der Waals surface area contributed by atoms with Crippen molar-refractivity contribution >= 4 is 17.6 Å². The zero-order chi connectivity index (χ0) is 12.8. The summed E-state index contributed by atoms with van der Waals surface area (Å²) in [4.78, 5) is 10.5. The topological polar surface area (TPSA) is 55.8 Å². The summed E-state index contributed by atoms with van der Waals surface area (Å²) in [5.74, 6) is 0.186. The Labute approximate surface area is 105 Å². The summed E-state index contributed by atoms with van der Waals surface area (Å²) in [6, 6.07) is 3.46. The number of aliphatic carboxylic acids is 1. The Morgan fingerprint density at radius 2 is 2.18 bits per heavy atom.